The minimum absolute atomic E-state index is 0.00958. The molecule has 1 heterocycles. The van der Waals surface area contributed by atoms with Gasteiger partial charge < -0.3 is 9.64 Å². The Morgan fingerprint density at radius 3 is 2.94 bits per heavy atom. The highest BCUT2D eigenvalue weighted by Gasteiger charge is 2.23. The first kappa shape index (κ1) is 11.7. The number of ether oxygens (including phenoxy) is 1. The summed E-state index contributed by atoms with van der Waals surface area (Å²) in [5.74, 6) is 0.748. The van der Waals surface area contributed by atoms with Gasteiger partial charge in [0.25, 0.3) is 0 Å². The predicted molar refractivity (Wildman–Crippen MR) is 67.4 cm³/mol. The normalized spacial score (nSPS) is 17.9. The Hall–Kier alpha value is -1.77. The fourth-order valence-corrected chi connectivity index (χ4v) is 1.94. The van der Waals surface area contributed by atoms with Crippen molar-refractivity contribution in [1.29, 1.82) is 0 Å². The minimum Gasteiger partial charge on any atom is -0.489 e. The van der Waals surface area contributed by atoms with Crippen LogP contribution in [0.15, 0.2) is 30.5 Å². The summed E-state index contributed by atoms with van der Waals surface area (Å²) in [6.07, 6.45) is 4.37. The molecule has 3 heteroatoms. The van der Waals surface area contributed by atoms with Crippen molar-refractivity contribution in [2.24, 2.45) is 0 Å². The summed E-state index contributed by atoms with van der Waals surface area (Å²) in [4.78, 5) is 13.9. The minimum atomic E-state index is -0.00958. The van der Waals surface area contributed by atoms with Crippen molar-refractivity contribution in [3.63, 3.8) is 0 Å². The largest absolute Gasteiger partial charge is 0.489 e. The predicted octanol–water partition coefficient (Wildman–Crippen LogP) is 2.27. The molecule has 0 spiro atoms. The molecule has 1 atom stereocenters. The zero-order valence-electron chi connectivity index (χ0n) is 10.4. The molecule has 0 amide bonds. The summed E-state index contributed by atoms with van der Waals surface area (Å²) in [5, 5.41) is 0. The Balaban J connectivity index is 2.29. The SMILES string of the molecule is CC1Cc2cccc(C(=O)/C=C/N(C)C)c2O1. The summed E-state index contributed by atoms with van der Waals surface area (Å²) in [6.45, 7) is 2.02. The summed E-state index contributed by atoms with van der Waals surface area (Å²) >= 11 is 0. The average Bonchev–Trinajstić information content (AvgIpc) is 2.65. The molecule has 0 bridgehead atoms. The summed E-state index contributed by atoms with van der Waals surface area (Å²) in [7, 11) is 3.77. The third-order valence-corrected chi connectivity index (χ3v) is 2.71. The first-order chi connectivity index (χ1) is 8.08. The van der Waals surface area contributed by atoms with E-state index < -0.39 is 0 Å². The number of hydrogen-bond donors (Lipinski definition) is 0. The van der Waals surface area contributed by atoms with Crippen LogP contribution in [0.2, 0.25) is 0 Å². The molecule has 90 valence electrons. The highest BCUT2D eigenvalue weighted by molar-refractivity contribution is 6.06. The van der Waals surface area contributed by atoms with Crippen molar-refractivity contribution in [3.05, 3.63) is 41.6 Å². The topological polar surface area (TPSA) is 29.5 Å². The summed E-state index contributed by atoms with van der Waals surface area (Å²) < 4.78 is 5.70. The molecule has 0 aliphatic carbocycles. The zero-order valence-corrected chi connectivity index (χ0v) is 10.4. The number of carbonyl (C=O) groups is 1. The van der Waals surface area contributed by atoms with Gasteiger partial charge in [0, 0.05) is 32.8 Å². The van der Waals surface area contributed by atoms with E-state index in [4.69, 9.17) is 4.74 Å². The van der Waals surface area contributed by atoms with Crippen LogP contribution in [0.4, 0.5) is 0 Å². The Labute approximate surface area is 102 Å². The number of hydrogen-bond acceptors (Lipinski definition) is 3. The lowest BCUT2D eigenvalue weighted by Gasteiger charge is -2.07. The van der Waals surface area contributed by atoms with Gasteiger partial charge in [0.2, 0.25) is 0 Å². The van der Waals surface area contributed by atoms with Gasteiger partial charge in [0.15, 0.2) is 5.78 Å². The van der Waals surface area contributed by atoms with Gasteiger partial charge in [-0.1, -0.05) is 12.1 Å². The maximum absolute atomic E-state index is 12.0. The molecule has 0 radical (unpaired) electrons. The Kier molecular flexibility index (Phi) is 3.18. The number of benzene rings is 1. The first-order valence-corrected chi connectivity index (χ1v) is 5.75. The fraction of sp³-hybridized carbons (Fsp3) is 0.357. The monoisotopic (exact) mass is 231 g/mol. The molecular weight excluding hydrogens is 214 g/mol. The molecule has 3 nitrogen and oxygen atoms in total. The van der Waals surface area contributed by atoms with Gasteiger partial charge in [-0.05, 0) is 18.6 Å². The van der Waals surface area contributed by atoms with E-state index in [9.17, 15) is 4.79 Å². The van der Waals surface area contributed by atoms with E-state index >= 15 is 0 Å². The van der Waals surface area contributed by atoms with Crippen molar-refractivity contribution in [2.75, 3.05) is 14.1 Å². The van der Waals surface area contributed by atoms with Crippen LogP contribution in [0, 0.1) is 0 Å². The third-order valence-electron chi connectivity index (χ3n) is 2.71. The molecule has 0 aromatic heterocycles. The lowest BCUT2D eigenvalue weighted by molar-refractivity contribution is 0.104. The number of nitrogens with zero attached hydrogens (tertiary/aromatic N) is 1. The number of allylic oxidation sites excluding steroid dienone is 1. The standard InChI is InChI=1S/C14H17NO2/c1-10-9-11-5-4-6-12(14(11)17-10)13(16)7-8-15(2)3/h4-8,10H,9H2,1-3H3/b8-7+. The molecular formula is C14H17NO2. The maximum atomic E-state index is 12.0. The van der Waals surface area contributed by atoms with E-state index in [1.807, 2.05) is 44.1 Å². The van der Waals surface area contributed by atoms with Crippen LogP contribution >= 0.6 is 0 Å². The van der Waals surface area contributed by atoms with Crippen molar-refractivity contribution in [2.45, 2.75) is 19.4 Å². The van der Waals surface area contributed by atoms with Crippen molar-refractivity contribution < 1.29 is 9.53 Å². The quantitative estimate of drug-likeness (QED) is 0.590. The number of ketones is 1. The number of carbonyl (C=O) groups excluding carboxylic acids is 1. The van der Waals surface area contributed by atoms with Crippen LogP contribution in [-0.2, 0) is 6.42 Å². The van der Waals surface area contributed by atoms with Crippen LogP contribution in [0.5, 0.6) is 5.75 Å². The third kappa shape index (κ3) is 2.49. The van der Waals surface area contributed by atoms with Gasteiger partial charge in [0.05, 0.1) is 5.56 Å². The van der Waals surface area contributed by atoms with Crippen LogP contribution < -0.4 is 4.74 Å². The Morgan fingerprint density at radius 2 is 2.24 bits per heavy atom. The molecule has 1 aliphatic heterocycles. The molecule has 17 heavy (non-hydrogen) atoms. The van der Waals surface area contributed by atoms with Crippen molar-refractivity contribution in [1.82, 2.24) is 4.90 Å². The van der Waals surface area contributed by atoms with Gasteiger partial charge in [0.1, 0.15) is 11.9 Å². The summed E-state index contributed by atoms with van der Waals surface area (Å²) in [5.41, 5.74) is 1.78. The van der Waals surface area contributed by atoms with E-state index in [-0.39, 0.29) is 11.9 Å². The molecule has 2 rings (SSSR count). The molecule has 0 N–H and O–H groups in total. The van der Waals surface area contributed by atoms with E-state index in [0.717, 1.165) is 17.7 Å². The number of fused-ring (bicyclic) bond motifs is 1. The smallest absolute Gasteiger partial charge is 0.191 e. The van der Waals surface area contributed by atoms with Gasteiger partial charge in [-0.2, -0.15) is 0 Å². The van der Waals surface area contributed by atoms with E-state index in [1.165, 1.54) is 0 Å². The molecule has 0 saturated heterocycles. The Bertz CT molecular complexity index is 463. The average molecular weight is 231 g/mol. The van der Waals surface area contributed by atoms with Crippen LogP contribution in [0.1, 0.15) is 22.8 Å². The van der Waals surface area contributed by atoms with Crippen LogP contribution in [-0.4, -0.2) is 30.9 Å². The second-order valence-corrected chi connectivity index (χ2v) is 4.57. The molecule has 1 aromatic rings. The van der Waals surface area contributed by atoms with E-state index in [2.05, 4.69) is 0 Å². The van der Waals surface area contributed by atoms with Crippen LogP contribution in [0.3, 0.4) is 0 Å². The highest BCUT2D eigenvalue weighted by Crippen LogP contribution is 2.32. The maximum Gasteiger partial charge on any atom is 0.191 e. The van der Waals surface area contributed by atoms with Crippen molar-refractivity contribution >= 4 is 5.78 Å². The van der Waals surface area contributed by atoms with Crippen LogP contribution in [0.25, 0.3) is 0 Å². The van der Waals surface area contributed by atoms with Gasteiger partial charge in [-0.25, -0.2) is 0 Å². The number of para-hydroxylation sites is 1. The first-order valence-electron chi connectivity index (χ1n) is 5.75. The Morgan fingerprint density at radius 1 is 1.47 bits per heavy atom. The number of rotatable bonds is 3. The second-order valence-electron chi connectivity index (χ2n) is 4.57. The van der Waals surface area contributed by atoms with Gasteiger partial charge in [-0.15, -0.1) is 0 Å². The van der Waals surface area contributed by atoms with E-state index in [0.29, 0.717) is 5.56 Å². The molecule has 1 aromatic carbocycles. The fourth-order valence-electron chi connectivity index (χ4n) is 1.94. The molecule has 0 fully saturated rings. The molecule has 1 unspecified atom stereocenters. The molecule has 1 aliphatic rings. The van der Waals surface area contributed by atoms with Gasteiger partial charge >= 0.3 is 0 Å². The summed E-state index contributed by atoms with van der Waals surface area (Å²) in [6, 6.07) is 5.75. The highest BCUT2D eigenvalue weighted by atomic mass is 16.5. The lowest BCUT2D eigenvalue weighted by atomic mass is 10.0. The molecule has 0 saturated carbocycles. The van der Waals surface area contributed by atoms with E-state index in [1.54, 1.807) is 12.3 Å². The lowest BCUT2D eigenvalue weighted by Crippen LogP contribution is -2.07. The van der Waals surface area contributed by atoms with Crippen molar-refractivity contribution in [3.8, 4) is 5.75 Å². The zero-order chi connectivity index (χ0) is 12.4. The second kappa shape index (κ2) is 4.62. The van der Waals surface area contributed by atoms with Gasteiger partial charge in [-0.3, -0.25) is 4.79 Å².